The summed E-state index contributed by atoms with van der Waals surface area (Å²) in [7, 11) is 0. The molecule has 0 aromatic carbocycles. The molecule has 0 atom stereocenters. The van der Waals surface area contributed by atoms with Gasteiger partial charge in [-0.05, 0) is 12.1 Å². The molecule has 0 aliphatic rings. The summed E-state index contributed by atoms with van der Waals surface area (Å²) in [5.41, 5.74) is 1.02. The third kappa shape index (κ3) is 3.15. The van der Waals surface area contributed by atoms with Gasteiger partial charge in [0.2, 0.25) is 0 Å². The van der Waals surface area contributed by atoms with E-state index in [1.54, 1.807) is 17.5 Å². The standard InChI is InChI=1S/C10H7Cl2N3OS/c11-3-7-5-17-10(14-7)15-9(16)8-2-1-6(12)4-13-8/h1-2,4-5H,3H2,(H,14,15,16). The van der Waals surface area contributed by atoms with Gasteiger partial charge in [0.1, 0.15) is 5.69 Å². The summed E-state index contributed by atoms with van der Waals surface area (Å²) in [4.78, 5) is 19.8. The first-order valence-corrected chi connectivity index (χ1v) is 6.41. The van der Waals surface area contributed by atoms with Crippen LogP contribution in [0.4, 0.5) is 5.13 Å². The van der Waals surface area contributed by atoms with Crippen molar-refractivity contribution in [2.24, 2.45) is 0 Å². The van der Waals surface area contributed by atoms with Crippen molar-refractivity contribution in [2.45, 2.75) is 5.88 Å². The monoisotopic (exact) mass is 287 g/mol. The van der Waals surface area contributed by atoms with Gasteiger partial charge in [0.15, 0.2) is 5.13 Å². The average molecular weight is 288 g/mol. The van der Waals surface area contributed by atoms with Crippen LogP contribution in [0.2, 0.25) is 5.02 Å². The molecule has 0 bridgehead atoms. The molecule has 0 radical (unpaired) electrons. The minimum absolute atomic E-state index is 0.289. The predicted octanol–water partition coefficient (Wildman–Crippen LogP) is 3.18. The molecule has 1 N–H and O–H groups in total. The number of hydrogen-bond acceptors (Lipinski definition) is 4. The van der Waals surface area contributed by atoms with Gasteiger partial charge in [-0.3, -0.25) is 10.1 Å². The maximum atomic E-state index is 11.7. The number of rotatable bonds is 3. The molecule has 0 unspecified atom stereocenters. The minimum atomic E-state index is -0.322. The molecule has 0 saturated heterocycles. The highest BCUT2D eigenvalue weighted by Gasteiger charge is 2.09. The molecule has 2 heterocycles. The first-order valence-electron chi connectivity index (χ1n) is 4.62. The van der Waals surface area contributed by atoms with E-state index in [1.165, 1.54) is 17.5 Å². The number of carbonyl (C=O) groups is 1. The van der Waals surface area contributed by atoms with Crippen molar-refractivity contribution in [1.82, 2.24) is 9.97 Å². The molecule has 7 heteroatoms. The Hall–Kier alpha value is -1.17. The Kier molecular flexibility index (Phi) is 3.93. The quantitative estimate of drug-likeness (QED) is 0.882. The lowest BCUT2D eigenvalue weighted by molar-refractivity contribution is 0.102. The summed E-state index contributed by atoms with van der Waals surface area (Å²) in [5, 5.41) is 5.41. The number of pyridine rings is 1. The van der Waals surface area contributed by atoms with E-state index in [9.17, 15) is 4.79 Å². The van der Waals surface area contributed by atoms with Crippen molar-refractivity contribution >= 4 is 45.6 Å². The Morgan fingerprint density at radius 2 is 2.29 bits per heavy atom. The smallest absolute Gasteiger partial charge is 0.276 e. The number of aromatic nitrogens is 2. The zero-order valence-electron chi connectivity index (χ0n) is 8.48. The van der Waals surface area contributed by atoms with Crippen LogP contribution in [-0.4, -0.2) is 15.9 Å². The fourth-order valence-corrected chi connectivity index (χ4v) is 2.14. The van der Waals surface area contributed by atoms with Crippen molar-refractivity contribution in [3.8, 4) is 0 Å². The highest BCUT2D eigenvalue weighted by Crippen LogP contribution is 2.17. The van der Waals surface area contributed by atoms with Crippen LogP contribution in [0.3, 0.4) is 0 Å². The molecule has 0 aliphatic heterocycles. The van der Waals surface area contributed by atoms with Gasteiger partial charge in [-0.2, -0.15) is 0 Å². The molecular weight excluding hydrogens is 281 g/mol. The zero-order chi connectivity index (χ0) is 12.3. The second-order valence-corrected chi connectivity index (χ2v) is 4.66. The number of thiazole rings is 1. The highest BCUT2D eigenvalue weighted by atomic mass is 35.5. The van der Waals surface area contributed by atoms with Crippen LogP contribution in [0.25, 0.3) is 0 Å². The van der Waals surface area contributed by atoms with Crippen molar-refractivity contribution in [3.05, 3.63) is 40.1 Å². The summed E-state index contributed by atoms with van der Waals surface area (Å²) in [6.45, 7) is 0. The Labute approximate surface area is 112 Å². The van der Waals surface area contributed by atoms with Crippen LogP contribution in [0.5, 0.6) is 0 Å². The summed E-state index contributed by atoms with van der Waals surface area (Å²) in [6, 6.07) is 3.16. The Morgan fingerprint density at radius 3 is 2.88 bits per heavy atom. The SMILES string of the molecule is O=C(Nc1nc(CCl)cs1)c1ccc(Cl)cn1. The van der Waals surface area contributed by atoms with Crippen LogP contribution in [0.1, 0.15) is 16.2 Å². The van der Waals surface area contributed by atoms with Gasteiger partial charge in [-0.15, -0.1) is 22.9 Å². The Morgan fingerprint density at radius 1 is 1.47 bits per heavy atom. The Balaban J connectivity index is 2.08. The lowest BCUT2D eigenvalue weighted by Gasteiger charge is -2.00. The number of hydrogen-bond donors (Lipinski definition) is 1. The third-order valence-corrected chi connectivity index (χ3v) is 3.17. The zero-order valence-corrected chi connectivity index (χ0v) is 10.8. The second-order valence-electron chi connectivity index (χ2n) is 3.09. The van der Waals surface area contributed by atoms with Gasteiger partial charge in [0, 0.05) is 11.6 Å². The van der Waals surface area contributed by atoms with Crippen LogP contribution < -0.4 is 5.32 Å². The third-order valence-electron chi connectivity index (χ3n) is 1.87. The molecule has 17 heavy (non-hydrogen) atoms. The van der Waals surface area contributed by atoms with Crippen molar-refractivity contribution < 1.29 is 4.79 Å². The molecule has 4 nitrogen and oxygen atoms in total. The Bertz CT molecular complexity index is 527. The number of nitrogens with zero attached hydrogens (tertiary/aromatic N) is 2. The fraction of sp³-hybridized carbons (Fsp3) is 0.100. The van der Waals surface area contributed by atoms with E-state index in [2.05, 4.69) is 15.3 Å². The molecule has 0 saturated carbocycles. The topological polar surface area (TPSA) is 54.9 Å². The summed E-state index contributed by atoms with van der Waals surface area (Å²) >= 11 is 12.6. The van der Waals surface area contributed by atoms with E-state index < -0.39 is 0 Å². The van der Waals surface area contributed by atoms with Crippen LogP contribution in [0, 0.1) is 0 Å². The van der Waals surface area contributed by atoms with Crippen molar-refractivity contribution in [2.75, 3.05) is 5.32 Å². The molecule has 0 aliphatic carbocycles. The number of anilines is 1. The van der Waals surface area contributed by atoms with E-state index in [4.69, 9.17) is 23.2 Å². The largest absolute Gasteiger partial charge is 0.296 e. The number of nitrogens with one attached hydrogen (secondary N) is 1. The van der Waals surface area contributed by atoms with Gasteiger partial charge in [0.25, 0.3) is 5.91 Å². The van der Waals surface area contributed by atoms with E-state index in [0.29, 0.717) is 16.0 Å². The molecular formula is C10H7Cl2N3OS. The van der Waals surface area contributed by atoms with Crippen LogP contribution in [-0.2, 0) is 5.88 Å². The number of amides is 1. The summed E-state index contributed by atoms with van der Waals surface area (Å²) < 4.78 is 0. The molecule has 1 amide bonds. The van der Waals surface area contributed by atoms with Gasteiger partial charge < -0.3 is 0 Å². The lowest BCUT2D eigenvalue weighted by Crippen LogP contribution is -2.13. The first kappa shape index (κ1) is 12.3. The highest BCUT2D eigenvalue weighted by molar-refractivity contribution is 7.14. The molecule has 0 fully saturated rings. The lowest BCUT2D eigenvalue weighted by atomic mass is 10.3. The van der Waals surface area contributed by atoms with E-state index in [0.717, 1.165) is 5.69 Å². The minimum Gasteiger partial charge on any atom is -0.296 e. The maximum absolute atomic E-state index is 11.7. The molecule has 0 spiro atoms. The van der Waals surface area contributed by atoms with E-state index in [-0.39, 0.29) is 11.6 Å². The number of halogens is 2. The average Bonchev–Trinajstić information content (AvgIpc) is 2.77. The van der Waals surface area contributed by atoms with Gasteiger partial charge in [-0.25, -0.2) is 9.97 Å². The first-order chi connectivity index (χ1) is 8.19. The number of carbonyl (C=O) groups excluding carboxylic acids is 1. The van der Waals surface area contributed by atoms with Gasteiger partial charge in [0.05, 0.1) is 16.6 Å². The van der Waals surface area contributed by atoms with E-state index >= 15 is 0 Å². The molecule has 2 aromatic heterocycles. The van der Waals surface area contributed by atoms with Crippen molar-refractivity contribution in [3.63, 3.8) is 0 Å². The normalized spacial score (nSPS) is 10.2. The van der Waals surface area contributed by atoms with Crippen LogP contribution >= 0.6 is 34.5 Å². The van der Waals surface area contributed by atoms with Gasteiger partial charge in [-0.1, -0.05) is 11.6 Å². The second kappa shape index (κ2) is 5.44. The van der Waals surface area contributed by atoms with Gasteiger partial charge >= 0.3 is 0 Å². The summed E-state index contributed by atoms with van der Waals surface area (Å²) in [6.07, 6.45) is 1.42. The van der Waals surface area contributed by atoms with Crippen LogP contribution in [0.15, 0.2) is 23.7 Å². The molecule has 2 rings (SSSR count). The molecule has 2 aromatic rings. The van der Waals surface area contributed by atoms with E-state index in [1.807, 2.05) is 0 Å². The maximum Gasteiger partial charge on any atom is 0.276 e. The molecule has 88 valence electrons. The summed E-state index contributed by atoms with van der Waals surface area (Å²) in [5.74, 6) is 0.00287. The fourth-order valence-electron chi connectivity index (χ4n) is 1.10. The number of alkyl halides is 1. The van der Waals surface area contributed by atoms with Crippen molar-refractivity contribution in [1.29, 1.82) is 0 Å². The predicted molar refractivity (Wildman–Crippen MR) is 68.9 cm³/mol.